The molecule has 0 amide bonds. The second kappa shape index (κ2) is 5.26. The van der Waals surface area contributed by atoms with Crippen LogP contribution in [0.2, 0.25) is 0 Å². The van der Waals surface area contributed by atoms with Crippen LogP contribution in [0.5, 0.6) is 0 Å². The first kappa shape index (κ1) is 13.7. The second-order valence-corrected chi connectivity index (χ2v) is 5.49. The van der Waals surface area contributed by atoms with Gasteiger partial charge in [0, 0.05) is 23.9 Å². The van der Waals surface area contributed by atoms with Crippen molar-refractivity contribution in [2.45, 2.75) is 13.8 Å². The minimum atomic E-state index is 0.604. The van der Waals surface area contributed by atoms with Crippen LogP contribution >= 0.6 is 12.2 Å². The number of hydrogen-bond acceptors (Lipinski definition) is 3. The normalized spacial score (nSPS) is 10.8. The van der Waals surface area contributed by atoms with Gasteiger partial charge >= 0.3 is 0 Å². The van der Waals surface area contributed by atoms with Crippen LogP contribution in [-0.2, 0) is 7.05 Å². The summed E-state index contributed by atoms with van der Waals surface area (Å²) in [5, 5.41) is 7.07. The Balaban J connectivity index is 2.06. The van der Waals surface area contributed by atoms with E-state index < -0.39 is 0 Å². The van der Waals surface area contributed by atoms with Gasteiger partial charge in [-0.15, -0.1) is 0 Å². The summed E-state index contributed by atoms with van der Waals surface area (Å²) < 4.78 is 2.46. The summed E-state index contributed by atoms with van der Waals surface area (Å²) in [4.78, 5) is 4.70. The van der Waals surface area contributed by atoms with Gasteiger partial charge in [-0.2, -0.15) is 5.10 Å². The Hall–Kier alpha value is -2.27. The highest BCUT2D eigenvalue weighted by atomic mass is 32.1. The van der Waals surface area contributed by atoms with Gasteiger partial charge < -0.3 is 4.57 Å². The summed E-state index contributed by atoms with van der Waals surface area (Å²) in [5.41, 5.74) is 5.25. The van der Waals surface area contributed by atoms with Crippen LogP contribution in [0.25, 0.3) is 22.6 Å². The van der Waals surface area contributed by atoms with Crippen LogP contribution in [-0.4, -0.2) is 19.7 Å². The predicted octanol–water partition coefficient (Wildman–Crippen LogP) is 3.82. The lowest BCUT2D eigenvalue weighted by atomic mass is 10.1. The molecule has 1 aromatic carbocycles. The van der Waals surface area contributed by atoms with Gasteiger partial charge in [0.05, 0.1) is 5.69 Å². The maximum Gasteiger partial charge on any atom is 0.195 e. The van der Waals surface area contributed by atoms with Crippen molar-refractivity contribution >= 4 is 12.2 Å². The summed E-state index contributed by atoms with van der Waals surface area (Å²) in [5.74, 6) is 0.806. The monoisotopic (exact) mass is 296 g/mol. The van der Waals surface area contributed by atoms with Crippen LogP contribution in [0.4, 0.5) is 0 Å². The van der Waals surface area contributed by atoms with E-state index in [4.69, 9.17) is 17.2 Å². The van der Waals surface area contributed by atoms with Gasteiger partial charge in [-0.05, 0) is 38.2 Å². The van der Waals surface area contributed by atoms with Crippen LogP contribution in [0, 0.1) is 18.6 Å². The predicted molar refractivity (Wildman–Crippen MR) is 86.5 cm³/mol. The molecule has 1 N–H and O–H groups in total. The zero-order valence-electron chi connectivity index (χ0n) is 12.2. The highest BCUT2D eigenvalue weighted by molar-refractivity contribution is 7.71. The molecule has 0 atom stereocenters. The molecule has 3 rings (SSSR count). The fraction of sp³-hybridized carbons (Fsp3) is 0.188. The molecule has 2 aromatic heterocycles. The van der Waals surface area contributed by atoms with Crippen molar-refractivity contribution in [3.05, 3.63) is 52.4 Å². The van der Waals surface area contributed by atoms with E-state index in [0.29, 0.717) is 4.77 Å². The molecule has 3 aromatic rings. The molecule has 0 spiro atoms. The van der Waals surface area contributed by atoms with Gasteiger partial charge in [0.2, 0.25) is 0 Å². The average molecular weight is 296 g/mol. The molecular formula is C16H16N4S. The van der Waals surface area contributed by atoms with E-state index in [1.165, 1.54) is 5.56 Å². The van der Waals surface area contributed by atoms with E-state index in [2.05, 4.69) is 41.4 Å². The molecular weight excluding hydrogens is 280 g/mol. The fourth-order valence-corrected chi connectivity index (χ4v) is 2.40. The first-order chi connectivity index (χ1) is 10.1. The molecule has 0 aliphatic carbocycles. The maximum atomic E-state index is 5.16. The highest BCUT2D eigenvalue weighted by Crippen LogP contribution is 2.24. The molecule has 0 unspecified atom stereocenters. The van der Waals surface area contributed by atoms with Gasteiger partial charge in [0.25, 0.3) is 0 Å². The van der Waals surface area contributed by atoms with Crippen molar-refractivity contribution in [2.24, 2.45) is 7.05 Å². The van der Waals surface area contributed by atoms with Gasteiger partial charge in [0.1, 0.15) is 0 Å². The molecule has 0 bridgehead atoms. The third-order valence-electron chi connectivity index (χ3n) is 3.55. The first-order valence-electron chi connectivity index (χ1n) is 6.73. The molecule has 0 fully saturated rings. The Morgan fingerprint density at radius 2 is 1.76 bits per heavy atom. The number of aromatic amines is 1. The maximum absolute atomic E-state index is 5.16. The van der Waals surface area contributed by atoms with Gasteiger partial charge in [0.15, 0.2) is 10.6 Å². The standard InChI is InChI=1S/C16H16N4S/c1-10-4-6-12(7-5-10)14-9-8-13(11(2)17-14)15-18-19-16(21)20(15)3/h4-9H,1-3H3,(H,19,21). The Labute approximate surface area is 128 Å². The number of nitrogens with one attached hydrogen (secondary N) is 1. The number of hydrogen-bond donors (Lipinski definition) is 1. The Kier molecular flexibility index (Phi) is 3.43. The van der Waals surface area contributed by atoms with Crippen molar-refractivity contribution in [1.82, 2.24) is 19.7 Å². The van der Waals surface area contributed by atoms with Gasteiger partial charge in [-0.25, -0.2) is 0 Å². The Bertz CT molecular complexity index is 843. The van der Waals surface area contributed by atoms with E-state index >= 15 is 0 Å². The molecule has 5 heteroatoms. The third-order valence-corrected chi connectivity index (χ3v) is 3.92. The molecule has 2 heterocycles. The summed E-state index contributed by atoms with van der Waals surface area (Å²) >= 11 is 5.16. The van der Waals surface area contributed by atoms with E-state index in [9.17, 15) is 0 Å². The number of rotatable bonds is 2. The number of nitrogens with zero attached hydrogens (tertiary/aromatic N) is 3. The zero-order valence-corrected chi connectivity index (χ0v) is 13.0. The van der Waals surface area contributed by atoms with Crippen molar-refractivity contribution < 1.29 is 0 Å². The first-order valence-corrected chi connectivity index (χ1v) is 7.13. The molecule has 106 valence electrons. The van der Waals surface area contributed by atoms with Crippen molar-refractivity contribution in [3.8, 4) is 22.6 Å². The third kappa shape index (κ3) is 2.52. The molecule has 0 radical (unpaired) electrons. The zero-order chi connectivity index (χ0) is 15.0. The largest absolute Gasteiger partial charge is 0.303 e. The summed E-state index contributed by atoms with van der Waals surface area (Å²) in [6, 6.07) is 12.4. The minimum Gasteiger partial charge on any atom is -0.303 e. The van der Waals surface area contributed by atoms with Crippen molar-refractivity contribution in [2.75, 3.05) is 0 Å². The van der Waals surface area contributed by atoms with Crippen LogP contribution in [0.3, 0.4) is 0 Å². The summed E-state index contributed by atoms with van der Waals surface area (Å²) in [6.07, 6.45) is 0. The number of aryl methyl sites for hydroxylation is 2. The lowest BCUT2D eigenvalue weighted by Gasteiger charge is -2.07. The smallest absolute Gasteiger partial charge is 0.195 e. The quantitative estimate of drug-likeness (QED) is 0.731. The molecule has 0 saturated carbocycles. The summed E-state index contributed by atoms with van der Waals surface area (Å²) in [6.45, 7) is 4.07. The topological polar surface area (TPSA) is 46.5 Å². The van der Waals surface area contributed by atoms with Gasteiger partial charge in [-0.1, -0.05) is 29.8 Å². The van der Waals surface area contributed by atoms with E-state index in [-0.39, 0.29) is 0 Å². The van der Waals surface area contributed by atoms with E-state index in [1.54, 1.807) is 0 Å². The highest BCUT2D eigenvalue weighted by Gasteiger charge is 2.11. The SMILES string of the molecule is Cc1ccc(-c2ccc(-c3n[nH]c(=S)n3C)c(C)n2)cc1. The lowest BCUT2D eigenvalue weighted by Crippen LogP contribution is -1.97. The number of H-pyrrole nitrogens is 1. The summed E-state index contributed by atoms with van der Waals surface area (Å²) in [7, 11) is 1.90. The Morgan fingerprint density at radius 3 is 2.33 bits per heavy atom. The number of aromatic nitrogens is 4. The average Bonchev–Trinajstić information content (AvgIpc) is 2.80. The van der Waals surface area contributed by atoms with Gasteiger partial charge in [-0.3, -0.25) is 10.1 Å². The van der Waals surface area contributed by atoms with Crippen LogP contribution in [0.15, 0.2) is 36.4 Å². The minimum absolute atomic E-state index is 0.604. The number of pyridine rings is 1. The van der Waals surface area contributed by atoms with Crippen LogP contribution < -0.4 is 0 Å². The number of benzene rings is 1. The Morgan fingerprint density at radius 1 is 1.05 bits per heavy atom. The lowest BCUT2D eigenvalue weighted by molar-refractivity contribution is 0.899. The molecule has 0 aliphatic heterocycles. The molecule has 0 saturated heterocycles. The molecule has 0 aliphatic rings. The molecule has 4 nitrogen and oxygen atoms in total. The fourth-order valence-electron chi connectivity index (χ4n) is 2.27. The van der Waals surface area contributed by atoms with E-state index in [1.807, 2.05) is 30.7 Å². The molecule has 21 heavy (non-hydrogen) atoms. The van der Waals surface area contributed by atoms with Crippen LogP contribution in [0.1, 0.15) is 11.3 Å². The second-order valence-electron chi connectivity index (χ2n) is 5.11. The van der Waals surface area contributed by atoms with E-state index in [0.717, 1.165) is 28.3 Å². The van der Waals surface area contributed by atoms with Crippen molar-refractivity contribution in [3.63, 3.8) is 0 Å². The van der Waals surface area contributed by atoms with Crippen molar-refractivity contribution in [1.29, 1.82) is 0 Å².